The smallest absolute Gasteiger partial charge is 0.315 e. The van der Waals surface area contributed by atoms with Crippen molar-refractivity contribution in [1.82, 2.24) is 20.8 Å². The van der Waals surface area contributed by atoms with Gasteiger partial charge in [-0.15, -0.1) is 0 Å². The Labute approximate surface area is 121 Å². The van der Waals surface area contributed by atoms with Gasteiger partial charge in [0.25, 0.3) is 0 Å². The van der Waals surface area contributed by atoms with E-state index in [-0.39, 0.29) is 18.0 Å². The standard InChI is InChI=1S/C13H18N4O4/c18-12(19)10-7-1-2-8(5-7)11(10)16-13(20)14-4-3-9-15-6-21-17-9/h6-8,10-11H,1-5H2,(H,18,19)(H2,14,16,20). The monoisotopic (exact) mass is 294 g/mol. The second-order valence-electron chi connectivity index (χ2n) is 5.72. The predicted molar refractivity (Wildman–Crippen MR) is 70.3 cm³/mol. The summed E-state index contributed by atoms with van der Waals surface area (Å²) < 4.78 is 4.60. The number of urea groups is 1. The number of aliphatic carboxylic acids is 1. The number of nitrogens with zero attached hydrogens (tertiary/aromatic N) is 2. The summed E-state index contributed by atoms with van der Waals surface area (Å²) in [5.41, 5.74) is 0. The zero-order valence-corrected chi connectivity index (χ0v) is 11.5. The van der Waals surface area contributed by atoms with E-state index in [2.05, 4.69) is 25.3 Å². The lowest BCUT2D eigenvalue weighted by atomic mass is 9.84. The second-order valence-corrected chi connectivity index (χ2v) is 5.72. The Hall–Kier alpha value is -2.12. The van der Waals surface area contributed by atoms with Gasteiger partial charge in [0.1, 0.15) is 0 Å². The molecule has 21 heavy (non-hydrogen) atoms. The third-order valence-corrected chi connectivity index (χ3v) is 4.54. The molecule has 0 saturated heterocycles. The number of carbonyl (C=O) groups excluding carboxylic acids is 1. The van der Waals surface area contributed by atoms with E-state index >= 15 is 0 Å². The molecule has 2 bridgehead atoms. The number of aromatic nitrogens is 2. The minimum Gasteiger partial charge on any atom is -0.481 e. The molecule has 3 rings (SSSR count). The average Bonchev–Trinajstić information content (AvgIpc) is 3.14. The molecule has 0 radical (unpaired) electrons. The largest absolute Gasteiger partial charge is 0.481 e. The molecule has 8 nitrogen and oxygen atoms in total. The van der Waals surface area contributed by atoms with Gasteiger partial charge in [0.15, 0.2) is 5.82 Å². The van der Waals surface area contributed by atoms with E-state index in [4.69, 9.17) is 0 Å². The lowest BCUT2D eigenvalue weighted by molar-refractivity contribution is -0.144. The van der Waals surface area contributed by atoms with Gasteiger partial charge in [-0.1, -0.05) is 5.16 Å². The van der Waals surface area contributed by atoms with Crippen LogP contribution in [0.1, 0.15) is 25.1 Å². The van der Waals surface area contributed by atoms with Crippen LogP contribution in [0.15, 0.2) is 10.9 Å². The Morgan fingerprint density at radius 3 is 2.90 bits per heavy atom. The summed E-state index contributed by atoms with van der Waals surface area (Å²) in [6.07, 6.45) is 4.58. The summed E-state index contributed by atoms with van der Waals surface area (Å²) in [6.45, 7) is 0.379. The van der Waals surface area contributed by atoms with Gasteiger partial charge >= 0.3 is 12.0 Å². The molecule has 2 aliphatic carbocycles. The number of hydrogen-bond acceptors (Lipinski definition) is 5. The van der Waals surface area contributed by atoms with Crippen LogP contribution in [0, 0.1) is 17.8 Å². The summed E-state index contributed by atoms with van der Waals surface area (Å²) in [5, 5.41) is 18.5. The molecule has 1 aromatic heterocycles. The molecule has 0 aromatic carbocycles. The van der Waals surface area contributed by atoms with E-state index in [0.29, 0.717) is 24.7 Å². The van der Waals surface area contributed by atoms with Crippen molar-refractivity contribution < 1.29 is 19.2 Å². The van der Waals surface area contributed by atoms with Gasteiger partial charge in [0.05, 0.1) is 5.92 Å². The number of amides is 2. The third kappa shape index (κ3) is 2.84. The van der Waals surface area contributed by atoms with Gasteiger partial charge in [0.2, 0.25) is 6.39 Å². The van der Waals surface area contributed by atoms with Gasteiger partial charge in [0, 0.05) is 19.0 Å². The van der Waals surface area contributed by atoms with Gasteiger partial charge in [-0.2, -0.15) is 4.98 Å². The van der Waals surface area contributed by atoms with Crippen molar-refractivity contribution in [3.8, 4) is 0 Å². The highest BCUT2D eigenvalue weighted by atomic mass is 16.5. The first kappa shape index (κ1) is 13.8. The minimum absolute atomic E-state index is 0.206. The van der Waals surface area contributed by atoms with Gasteiger partial charge in [-0.25, -0.2) is 4.79 Å². The Morgan fingerprint density at radius 2 is 2.19 bits per heavy atom. The Balaban J connectivity index is 1.49. The van der Waals surface area contributed by atoms with Crippen LogP contribution in [0.2, 0.25) is 0 Å². The maximum absolute atomic E-state index is 11.9. The van der Waals surface area contributed by atoms with Crippen LogP contribution in [0.25, 0.3) is 0 Å². The molecule has 2 amide bonds. The van der Waals surface area contributed by atoms with Gasteiger partial charge < -0.3 is 20.3 Å². The fourth-order valence-corrected chi connectivity index (χ4v) is 3.65. The normalized spacial score (nSPS) is 30.3. The second kappa shape index (κ2) is 5.71. The summed E-state index contributed by atoms with van der Waals surface area (Å²) in [7, 11) is 0. The summed E-state index contributed by atoms with van der Waals surface area (Å²) in [5.74, 6) is -0.235. The molecule has 2 fully saturated rings. The van der Waals surface area contributed by atoms with Crippen LogP contribution in [-0.2, 0) is 11.2 Å². The van der Waals surface area contributed by atoms with E-state index in [1.807, 2.05) is 0 Å². The number of carbonyl (C=O) groups is 2. The number of fused-ring (bicyclic) bond motifs is 2. The molecule has 2 aliphatic rings. The molecule has 114 valence electrons. The molecule has 0 aliphatic heterocycles. The molecule has 8 heteroatoms. The van der Waals surface area contributed by atoms with Crippen molar-refractivity contribution in [1.29, 1.82) is 0 Å². The number of rotatable bonds is 5. The fourth-order valence-electron chi connectivity index (χ4n) is 3.65. The van der Waals surface area contributed by atoms with Crippen LogP contribution in [-0.4, -0.2) is 39.8 Å². The van der Waals surface area contributed by atoms with Crippen molar-refractivity contribution in [2.45, 2.75) is 31.7 Å². The zero-order valence-electron chi connectivity index (χ0n) is 11.5. The first-order valence-corrected chi connectivity index (χ1v) is 7.17. The quantitative estimate of drug-likeness (QED) is 0.724. The van der Waals surface area contributed by atoms with Crippen molar-refractivity contribution in [3.63, 3.8) is 0 Å². The van der Waals surface area contributed by atoms with Crippen molar-refractivity contribution in [3.05, 3.63) is 12.2 Å². The van der Waals surface area contributed by atoms with Crippen molar-refractivity contribution in [2.75, 3.05) is 6.54 Å². The van der Waals surface area contributed by atoms with Crippen LogP contribution >= 0.6 is 0 Å². The number of carboxylic acids is 1. The molecule has 1 aromatic rings. The summed E-state index contributed by atoms with van der Waals surface area (Å²) in [6, 6.07) is -0.589. The van der Waals surface area contributed by atoms with Gasteiger partial charge in [-0.3, -0.25) is 4.79 Å². The first-order chi connectivity index (χ1) is 10.1. The zero-order chi connectivity index (χ0) is 14.8. The highest BCUT2D eigenvalue weighted by Crippen LogP contribution is 2.48. The number of hydrogen-bond donors (Lipinski definition) is 3. The molecule has 4 unspecified atom stereocenters. The van der Waals surface area contributed by atoms with E-state index in [0.717, 1.165) is 19.3 Å². The first-order valence-electron chi connectivity index (χ1n) is 7.17. The maximum atomic E-state index is 11.9. The number of nitrogens with one attached hydrogen (secondary N) is 2. The molecule has 3 N–H and O–H groups in total. The van der Waals surface area contributed by atoms with Crippen LogP contribution in [0.3, 0.4) is 0 Å². The van der Waals surface area contributed by atoms with E-state index in [1.165, 1.54) is 6.39 Å². The molecular formula is C13H18N4O4. The van der Waals surface area contributed by atoms with Crippen molar-refractivity contribution in [2.24, 2.45) is 17.8 Å². The summed E-state index contributed by atoms with van der Waals surface area (Å²) >= 11 is 0. The van der Waals surface area contributed by atoms with Crippen LogP contribution < -0.4 is 10.6 Å². The van der Waals surface area contributed by atoms with E-state index in [1.54, 1.807) is 0 Å². The third-order valence-electron chi connectivity index (χ3n) is 4.54. The minimum atomic E-state index is -0.806. The van der Waals surface area contributed by atoms with E-state index in [9.17, 15) is 14.7 Å². The maximum Gasteiger partial charge on any atom is 0.315 e. The SMILES string of the molecule is O=C(NCCc1ncon1)NC1C2CCC(C2)C1C(=O)O. The fraction of sp³-hybridized carbons (Fsp3) is 0.692. The molecular weight excluding hydrogens is 276 g/mol. The lowest BCUT2D eigenvalue weighted by Crippen LogP contribution is -2.50. The van der Waals surface area contributed by atoms with E-state index < -0.39 is 11.9 Å². The van der Waals surface area contributed by atoms with Crippen LogP contribution in [0.5, 0.6) is 0 Å². The summed E-state index contributed by atoms with van der Waals surface area (Å²) in [4.78, 5) is 27.1. The van der Waals surface area contributed by atoms with Crippen molar-refractivity contribution >= 4 is 12.0 Å². The van der Waals surface area contributed by atoms with Gasteiger partial charge in [-0.05, 0) is 31.1 Å². The molecule has 4 atom stereocenters. The Morgan fingerprint density at radius 1 is 1.38 bits per heavy atom. The Kier molecular flexibility index (Phi) is 3.76. The Bertz CT molecular complexity index is 518. The molecule has 1 heterocycles. The highest BCUT2D eigenvalue weighted by molar-refractivity contribution is 5.77. The lowest BCUT2D eigenvalue weighted by Gasteiger charge is -2.28. The number of carboxylic acid groups (broad SMARTS) is 1. The van der Waals surface area contributed by atoms with Crippen LogP contribution in [0.4, 0.5) is 4.79 Å². The topological polar surface area (TPSA) is 117 Å². The molecule has 2 saturated carbocycles. The predicted octanol–water partition coefficient (Wildman–Crippen LogP) is 0.411. The highest BCUT2D eigenvalue weighted by Gasteiger charge is 2.51. The molecule has 0 spiro atoms. The average molecular weight is 294 g/mol.